The molecule has 9 nitrogen and oxygen atoms in total. The Labute approximate surface area is 191 Å². The van der Waals surface area contributed by atoms with E-state index in [-0.39, 0.29) is 12.3 Å². The number of rotatable bonds is 9. The van der Waals surface area contributed by atoms with Crippen molar-refractivity contribution < 1.29 is 28.5 Å². The van der Waals surface area contributed by atoms with E-state index in [0.717, 1.165) is 0 Å². The highest BCUT2D eigenvalue weighted by Gasteiger charge is 2.42. The van der Waals surface area contributed by atoms with Crippen LogP contribution in [0.4, 0.5) is 0 Å². The molecule has 3 rings (SSSR count). The summed E-state index contributed by atoms with van der Waals surface area (Å²) in [6.07, 6.45) is 0.117. The molecular weight excluding hydrogens is 434 g/mol. The number of fused-ring (bicyclic) bond motifs is 1. The maximum atomic E-state index is 12.8. The fraction of sp³-hybridized carbons (Fsp3) is 0.409. The van der Waals surface area contributed by atoms with Gasteiger partial charge in [0.05, 0.1) is 51.7 Å². The first kappa shape index (κ1) is 23.7. The van der Waals surface area contributed by atoms with Crippen LogP contribution in [0.3, 0.4) is 0 Å². The van der Waals surface area contributed by atoms with E-state index < -0.39 is 12.0 Å². The fourth-order valence-electron chi connectivity index (χ4n) is 3.68. The van der Waals surface area contributed by atoms with Crippen molar-refractivity contribution in [2.75, 3.05) is 41.6 Å². The number of hydrogen-bond acceptors (Lipinski definition) is 9. The second-order valence-corrected chi connectivity index (χ2v) is 7.82. The Balaban J connectivity index is 2.06. The number of carbonyl (C=O) groups excluding carboxylic acids is 2. The van der Waals surface area contributed by atoms with Crippen molar-refractivity contribution in [3.63, 3.8) is 0 Å². The van der Waals surface area contributed by atoms with Gasteiger partial charge in [0.2, 0.25) is 5.91 Å². The third kappa shape index (κ3) is 4.61. The van der Waals surface area contributed by atoms with Gasteiger partial charge in [0, 0.05) is 24.9 Å². The zero-order valence-electron chi connectivity index (χ0n) is 18.8. The number of esters is 1. The highest BCUT2D eigenvalue weighted by Crippen LogP contribution is 2.48. The number of carbonyl (C=O) groups is 2. The Morgan fingerprint density at radius 2 is 1.97 bits per heavy atom. The minimum Gasteiger partial charge on any atom is -0.493 e. The molecule has 0 aliphatic carbocycles. The molecule has 32 heavy (non-hydrogen) atoms. The lowest BCUT2D eigenvalue weighted by molar-refractivity contribution is -0.136. The van der Waals surface area contributed by atoms with E-state index in [0.29, 0.717) is 52.3 Å². The van der Waals surface area contributed by atoms with Crippen LogP contribution in [0.5, 0.6) is 11.5 Å². The molecule has 1 aromatic carbocycles. The normalized spacial score (nSPS) is 17.4. The van der Waals surface area contributed by atoms with Crippen LogP contribution in [-0.4, -0.2) is 63.5 Å². The van der Waals surface area contributed by atoms with Crippen molar-refractivity contribution in [3.8, 4) is 11.5 Å². The Morgan fingerprint density at radius 3 is 2.62 bits per heavy atom. The van der Waals surface area contributed by atoms with Crippen molar-refractivity contribution >= 4 is 28.8 Å². The average molecular weight is 462 g/mol. The van der Waals surface area contributed by atoms with Crippen LogP contribution in [0.2, 0.25) is 0 Å². The van der Waals surface area contributed by atoms with Gasteiger partial charge in [-0.15, -0.1) is 0 Å². The molecule has 0 radical (unpaired) electrons. The number of nitrogens with one attached hydrogen (secondary N) is 1. The molecule has 172 valence electrons. The molecule has 0 fully saturated rings. The van der Waals surface area contributed by atoms with Crippen LogP contribution in [0, 0.1) is 0 Å². The average Bonchev–Trinajstić information content (AvgIpc) is 3.18. The van der Waals surface area contributed by atoms with Gasteiger partial charge in [-0.3, -0.25) is 4.79 Å². The van der Waals surface area contributed by atoms with E-state index >= 15 is 0 Å². The molecule has 0 aromatic heterocycles. The summed E-state index contributed by atoms with van der Waals surface area (Å²) in [5.74, 6) is 0.375. The number of methoxy groups -OCH3 is 4. The zero-order valence-corrected chi connectivity index (χ0v) is 19.6. The third-order valence-electron chi connectivity index (χ3n) is 5.10. The number of nitrogens with zero attached hydrogens (tertiary/aromatic N) is 2. The van der Waals surface area contributed by atoms with Gasteiger partial charge in [0.1, 0.15) is 0 Å². The number of para-hydroxylation sites is 1. The molecule has 1 atom stereocenters. The lowest BCUT2D eigenvalue weighted by atomic mass is 9.92. The van der Waals surface area contributed by atoms with E-state index in [1.807, 2.05) is 22.4 Å². The van der Waals surface area contributed by atoms with E-state index in [1.165, 1.54) is 18.9 Å². The second-order valence-electron chi connectivity index (χ2n) is 6.99. The highest BCUT2D eigenvalue weighted by atomic mass is 32.2. The maximum absolute atomic E-state index is 12.8. The van der Waals surface area contributed by atoms with Gasteiger partial charge in [-0.05, 0) is 18.4 Å². The number of allylic oxidation sites excluding steroid dienone is 1. The SMILES string of the molecule is COCCNC(=O)CC1=CSC2=NC(C)=C(C(=O)OC)C(c3cccc(OC)c3OC)N12. The molecule has 2 heterocycles. The molecule has 1 aromatic rings. The number of ether oxygens (including phenoxy) is 4. The third-order valence-corrected chi connectivity index (χ3v) is 5.99. The van der Waals surface area contributed by atoms with Crippen LogP contribution in [0.25, 0.3) is 0 Å². The fourth-order valence-corrected chi connectivity index (χ4v) is 4.65. The van der Waals surface area contributed by atoms with Crippen molar-refractivity contribution in [2.24, 2.45) is 4.99 Å². The summed E-state index contributed by atoms with van der Waals surface area (Å²) in [5, 5.41) is 5.37. The number of amidine groups is 1. The van der Waals surface area contributed by atoms with Gasteiger partial charge in [-0.1, -0.05) is 23.9 Å². The van der Waals surface area contributed by atoms with Crippen LogP contribution in [0.1, 0.15) is 24.9 Å². The van der Waals surface area contributed by atoms with Gasteiger partial charge in [-0.25, -0.2) is 9.79 Å². The number of amides is 1. The molecule has 0 saturated carbocycles. The van der Waals surface area contributed by atoms with Gasteiger partial charge in [0.25, 0.3) is 0 Å². The van der Waals surface area contributed by atoms with Gasteiger partial charge < -0.3 is 29.2 Å². The zero-order chi connectivity index (χ0) is 23.3. The van der Waals surface area contributed by atoms with Crippen molar-refractivity contribution in [1.29, 1.82) is 0 Å². The summed E-state index contributed by atoms with van der Waals surface area (Å²) in [4.78, 5) is 31.9. The van der Waals surface area contributed by atoms with E-state index in [9.17, 15) is 9.59 Å². The summed E-state index contributed by atoms with van der Waals surface area (Å²) >= 11 is 1.40. The summed E-state index contributed by atoms with van der Waals surface area (Å²) < 4.78 is 21.2. The quantitative estimate of drug-likeness (QED) is 0.443. The van der Waals surface area contributed by atoms with Crippen molar-refractivity contribution in [1.82, 2.24) is 10.2 Å². The number of aliphatic imine (C=N–C) groups is 1. The Kier molecular flexibility index (Phi) is 7.81. The minimum atomic E-state index is -0.604. The molecule has 1 N–H and O–H groups in total. The molecule has 1 unspecified atom stereocenters. The standard InChI is InChI=1S/C22H27N3O6S/c1-13-18(21(27)31-5)19(15-7-6-8-16(29-3)20(15)30-4)25-14(12-32-22(25)24-13)11-17(26)23-9-10-28-2/h6-8,12,19H,9-11H2,1-5H3,(H,23,26). The number of thioether (sulfide) groups is 1. The van der Waals surface area contributed by atoms with Crippen molar-refractivity contribution in [3.05, 3.63) is 46.1 Å². The van der Waals surface area contributed by atoms with Crippen LogP contribution in [-0.2, 0) is 19.1 Å². The first-order chi connectivity index (χ1) is 15.5. The van der Waals surface area contributed by atoms with E-state index in [2.05, 4.69) is 10.3 Å². The maximum Gasteiger partial charge on any atom is 0.338 e. The smallest absolute Gasteiger partial charge is 0.338 e. The lowest BCUT2D eigenvalue weighted by Gasteiger charge is -2.36. The molecule has 0 saturated heterocycles. The monoisotopic (exact) mass is 461 g/mol. The first-order valence-corrected chi connectivity index (χ1v) is 10.8. The highest BCUT2D eigenvalue weighted by molar-refractivity contribution is 8.16. The Hall–Kier alpha value is -2.98. The minimum absolute atomic E-state index is 0.117. The summed E-state index contributed by atoms with van der Waals surface area (Å²) in [7, 11) is 6.01. The topological polar surface area (TPSA) is 98.7 Å². The summed E-state index contributed by atoms with van der Waals surface area (Å²) in [6.45, 7) is 2.61. The predicted octanol–water partition coefficient (Wildman–Crippen LogP) is 2.60. The second kappa shape index (κ2) is 10.6. The van der Waals surface area contributed by atoms with Crippen molar-refractivity contribution in [2.45, 2.75) is 19.4 Å². The predicted molar refractivity (Wildman–Crippen MR) is 121 cm³/mol. The van der Waals surface area contributed by atoms with E-state index in [4.69, 9.17) is 18.9 Å². The Bertz CT molecular complexity index is 988. The largest absolute Gasteiger partial charge is 0.493 e. The molecule has 0 bridgehead atoms. The molecule has 2 aliphatic rings. The lowest BCUT2D eigenvalue weighted by Crippen LogP contribution is -2.38. The summed E-state index contributed by atoms with van der Waals surface area (Å²) in [5.41, 5.74) is 2.33. The summed E-state index contributed by atoms with van der Waals surface area (Å²) in [6, 6.07) is 4.88. The Morgan fingerprint density at radius 1 is 1.19 bits per heavy atom. The number of hydrogen-bond donors (Lipinski definition) is 1. The van der Waals surface area contributed by atoms with E-state index in [1.54, 1.807) is 34.3 Å². The van der Waals surface area contributed by atoms with Gasteiger partial charge in [-0.2, -0.15) is 0 Å². The van der Waals surface area contributed by atoms with Crippen LogP contribution in [0.15, 0.2) is 45.6 Å². The molecular formula is C22H27N3O6S. The molecule has 10 heteroatoms. The van der Waals surface area contributed by atoms with Gasteiger partial charge in [0.15, 0.2) is 16.7 Å². The molecule has 1 amide bonds. The van der Waals surface area contributed by atoms with Gasteiger partial charge >= 0.3 is 5.97 Å². The van der Waals surface area contributed by atoms with Crippen LogP contribution < -0.4 is 14.8 Å². The number of benzene rings is 1. The first-order valence-electron chi connectivity index (χ1n) is 9.96. The molecule has 0 spiro atoms. The molecule has 2 aliphatic heterocycles. The van der Waals surface area contributed by atoms with Crippen LogP contribution >= 0.6 is 11.8 Å².